The zero-order valence-corrected chi connectivity index (χ0v) is 21.6. The summed E-state index contributed by atoms with van der Waals surface area (Å²) < 4.78 is 20.6. The molecule has 172 valence electrons. The standard InChI is InChI=1S/C26H25Cl2O3PS/c1-3-17(2)31-32(29,30)23(16-18-13-14-21(27)22(28)15-18)26-25(19-9-5-4-6-10-19)20-11-7-8-12-24(20)33-26/h4-15,17,23H,3,16H2,1-2H3,(H,29,30). The summed E-state index contributed by atoms with van der Waals surface area (Å²) in [6.07, 6.45) is 0.599. The summed E-state index contributed by atoms with van der Waals surface area (Å²) in [5, 5.41) is 1.93. The first kappa shape index (κ1) is 24.5. The third kappa shape index (κ3) is 5.38. The monoisotopic (exact) mass is 518 g/mol. The molecule has 4 aromatic rings. The highest BCUT2D eigenvalue weighted by atomic mass is 35.5. The smallest absolute Gasteiger partial charge is 0.324 e. The van der Waals surface area contributed by atoms with E-state index in [-0.39, 0.29) is 6.10 Å². The van der Waals surface area contributed by atoms with Crippen molar-refractivity contribution in [1.29, 1.82) is 0 Å². The summed E-state index contributed by atoms with van der Waals surface area (Å²) in [4.78, 5) is 12.1. The Morgan fingerprint density at radius 2 is 1.70 bits per heavy atom. The SMILES string of the molecule is CCC(C)OP(=O)(O)C(Cc1ccc(Cl)c(Cl)c1)c1sc2ccccc2c1-c1ccccc1. The third-order valence-corrected chi connectivity index (χ3v) is 9.79. The maximum absolute atomic E-state index is 13.8. The molecule has 0 fully saturated rings. The number of rotatable bonds is 8. The molecule has 0 aliphatic rings. The van der Waals surface area contributed by atoms with Crippen LogP contribution < -0.4 is 0 Å². The highest BCUT2D eigenvalue weighted by molar-refractivity contribution is 7.53. The number of hydrogen-bond acceptors (Lipinski definition) is 3. The van der Waals surface area contributed by atoms with Crippen LogP contribution in [0.15, 0.2) is 72.8 Å². The molecule has 33 heavy (non-hydrogen) atoms. The number of fused-ring (bicyclic) bond motifs is 1. The summed E-state index contributed by atoms with van der Waals surface area (Å²) >= 11 is 13.9. The third-order valence-electron chi connectivity index (χ3n) is 5.70. The normalized spacial score (nSPS) is 15.3. The highest BCUT2D eigenvalue weighted by Crippen LogP contribution is 2.62. The van der Waals surface area contributed by atoms with Crippen LogP contribution in [0.5, 0.6) is 0 Å². The van der Waals surface area contributed by atoms with Gasteiger partial charge < -0.3 is 9.42 Å². The first-order valence-electron chi connectivity index (χ1n) is 10.8. The van der Waals surface area contributed by atoms with Crippen LogP contribution in [0.4, 0.5) is 0 Å². The van der Waals surface area contributed by atoms with Crippen LogP contribution >= 0.6 is 42.1 Å². The van der Waals surface area contributed by atoms with Crippen molar-refractivity contribution in [2.45, 2.75) is 38.5 Å². The predicted octanol–water partition coefficient (Wildman–Crippen LogP) is 9.16. The summed E-state index contributed by atoms with van der Waals surface area (Å²) in [6.45, 7) is 3.76. The summed E-state index contributed by atoms with van der Waals surface area (Å²) in [6, 6.07) is 23.4. The van der Waals surface area contributed by atoms with Gasteiger partial charge in [0.15, 0.2) is 0 Å². The Morgan fingerprint density at radius 3 is 2.39 bits per heavy atom. The average molecular weight is 519 g/mol. The van der Waals surface area contributed by atoms with E-state index in [9.17, 15) is 9.46 Å². The molecule has 3 unspecified atom stereocenters. The minimum absolute atomic E-state index is 0.299. The molecule has 0 amide bonds. The molecular formula is C26H25Cl2O3PS. The van der Waals surface area contributed by atoms with Crippen molar-refractivity contribution in [3.63, 3.8) is 0 Å². The van der Waals surface area contributed by atoms with E-state index >= 15 is 0 Å². The van der Waals surface area contributed by atoms with Crippen LogP contribution in [0.25, 0.3) is 21.2 Å². The molecule has 0 bridgehead atoms. The van der Waals surface area contributed by atoms with Gasteiger partial charge in [-0.2, -0.15) is 0 Å². The Hall–Kier alpha value is -1.65. The van der Waals surface area contributed by atoms with Crippen LogP contribution in [0.2, 0.25) is 10.0 Å². The van der Waals surface area contributed by atoms with Crippen LogP contribution in [0, 0.1) is 0 Å². The van der Waals surface area contributed by atoms with Gasteiger partial charge in [-0.3, -0.25) is 4.57 Å². The molecular weight excluding hydrogens is 494 g/mol. The quantitative estimate of drug-likeness (QED) is 0.236. The lowest BCUT2D eigenvalue weighted by molar-refractivity contribution is 0.180. The molecule has 0 radical (unpaired) electrons. The first-order valence-corrected chi connectivity index (χ1v) is 14.0. The Balaban J connectivity index is 1.92. The second-order valence-corrected chi connectivity index (χ2v) is 11.9. The lowest BCUT2D eigenvalue weighted by Gasteiger charge is -2.26. The van der Waals surface area contributed by atoms with Crippen LogP contribution in [0.1, 0.15) is 36.4 Å². The second kappa shape index (κ2) is 10.3. The maximum atomic E-state index is 13.8. The molecule has 0 aliphatic heterocycles. The van der Waals surface area contributed by atoms with Crippen molar-refractivity contribution in [2.24, 2.45) is 0 Å². The maximum Gasteiger partial charge on any atom is 0.336 e. The molecule has 0 saturated heterocycles. The van der Waals surface area contributed by atoms with Gasteiger partial charge in [0.1, 0.15) is 5.66 Å². The van der Waals surface area contributed by atoms with Crippen molar-refractivity contribution in [3.8, 4) is 11.1 Å². The number of halogens is 2. The minimum atomic E-state index is -4.06. The molecule has 0 saturated carbocycles. The molecule has 1 aromatic heterocycles. The molecule has 4 rings (SSSR count). The average Bonchev–Trinajstić information content (AvgIpc) is 3.18. The topological polar surface area (TPSA) is 46.5 Å². The van der Waals surface area contributed by atoms with Crippen LogP contribution in [0.3, 0.4) is 0 Å². The zero-order valence-electron chi connectivity index (χ0n) is 18.4. The predicted molar refractivity (Wildman–Crippen MR) is 141 cm³/mol. The van der Waals surface area contributed by atoms with E-state index in [1.807, 2.05) is 68.4 Å². The highest BCUT2D eigenvalue weighted by Gasteiger charge is 2.38. The first-order chi connectivity index (χ1) is 15.8. The van der Waals surface area contributed by atoms with Crippen molar-refractivity contribution >= 4 is 52.2 Å². The van der Waals surface area contributed by atoms with E-state index < -0.39 is 13.3 Å². The van der Waals surface area contributed by atoms with Crippen LogP contribution in [-0.4, -0.2) is 11.0 Å². The molecule has 3 nitrogen and oxygen atoms in total. The van der Waals surface area contributed by atoms with Gasteiger partial charge in [-0.15, -0.1) is 11.3 Å². The summed E-state index contributed by atoms with van der Waals surface area (Å²) in [5.41, 5.74) is 2.06. The molecule has 1 N–H and O–H groups in total. The minimum Gasteiger partial charge on any atom is -0.324 e. The Labute approximate surface area is 208 Å². The van der Waals surface area contributed by atoms with Crippen molar-refractivity contribution in [2.75, 3.05) is 0 Å². The fourth-order valence-electron chi connectivity index (χ4n) is 3.85. The van der Waals surface area contributed by atoms with Gasteiger partial charge in [0.2, 0.25) is 0 Å². The van der Waals surface area contributed by atoms with E-state index in [0.29, 0.717) is 22.9 Å². The summed E-state index contributed by atoms with van der Waals surface area (Å²) in [5.74, 6) is 0. The molecule has 7 heteroatoms. The lowest BCUT2D eigenvalue weighted by Crippen LogP contribution is -2.11. The van der Waals surface area contributed by atoms with Crippen molar-refractivity contribution < 1.29 is 14.0 Å². The molecule has 3 atom stereocenters. The van der Waals surface area contributed by atoms with E-state index in [1.54, 1.807) is 23.5 Å². The van der Waals surface area contributed by atoms with Gasteiger partial charge in [-0.25, -0.2) is 0 Å². The molecule has 3 aromatic carbocycles. The Morgan fingerprint density at radius 1 is 1.00 bits per heavy atom. The number of hydrogen-bond donors (Lipinski definition) is 1. The number of benzene rings is 3. The van der Waals surface area contributed by atoms with E-state index in [1.165, 1.54) is 0 Å². The van der Waals surface area contributed by atoms with Gasteiger partial charge in [-0.1, -0.05) is 84.7 Å². The fraction of sp³-hybridized carbons (Fsp3) is 0.231. The van der Waals surface area contributed by atoms with Gasteiger partial charge in [0, 0.05) is 20.5 Å². The largest absolute Gasteiger partial charge is 0.336 e. The van der Waals surface area contributed by atoms with Gasteiger partial charge in [0.25, 0.3) is 0 Å². The zero-order chi connectivity index (χ0) is 23.6. The van der Waals surface area contributed by atoms with Crippen LogP contribution in [-0.2, 0) is 15.5 Å². The van der Waals surface area contributed by atoms with Crippen molar-refractivity contribution in [3.05, 3.63) is 93.3 Å². The number of thiophene rings is 1. The van der Waals surface area contributed by atoms with Gasteiger partial charge in [0.05, 0.1) is 16.1 Å². The van der Waals surface area contributed by atoms with E-state index in [2.05, 4.69) is 6.07 Å². The van der Waals surface area contributed by atoms with Gasteiger partial charge in [-0.05, 0) is 49.1 Å². The van der Waals surface area contributed by atoms with E-state index in [4.69, 9.17) is 27.7 Å². The Kier molecular flexibility index (Phi) is 7.65. The fourth-order valence-corrected chi connectivity index (χ4v) is 7.62. The Bertz CT molecular complexity index is 1310. The molecule has 0 aliphatic carbocycles. The second-order valence-electron chi connectivity index (χ2n) is 8.06. The van der Waals surface area contributed by atoms with Crippen molar-refractivity contribution in [1.82, 2.24) is 0 Å². The van der Waals surface area contributed by atoms with Gasteiger partial charge >= 0.3 is 7.60 Å². The molecule has 1 heterocycles. The lowest BCUT2D eigenvalue weighted by atomic mass is 9.99. The van der Waals surface area contributed by atoms with E-state index in [0.717, 1.165) is 31.7 Å². The summed E-state index contributed by atoms with van der Waals surface area (Å²) in [7, 11) is -4.06. The molecule has 0 spiro atoms.